The Morgan fingerprint density at radius 3 is 2.88 bits per heavy atom. The third-order valence-corrected chi connectivity index (χ3v) is 4.76. The highest BCUT2D eigenvalue weighted by Gasteiger charge is 2.02. The van der Waals surface area contributed by atoms with Gasteiger partial charge in [0.2, 0.25) is 0 Å². The van der Waals surface area contributed by atoms with Crippen LogP contribution in [0.3, 0.4) is 0 Å². The molecule has 7 heteroatoms. The van der Waals surface area contributed by atoms with Crippen molar-refractivity contribution in [2.75, 3.05) is 13.6 Å². The molecule has 0 spiro atoms. The molecule has 0 aliphatic carbocycles. The Balaban J connectivity index is 1.47. The topological polar surface area (TPSA) is 67.1 Å². The summed E-state index contributed by atoms with van der Waals surface area (Å²) in [5.41, 5.74) is 3.60. The van der Waals surface area contributed by atoms with Gasteiger partial charge in [0.1, 0.15) is 0 Å². The van der Waals surface area contributed by atoms with Crippen LogP contribution in [0.25, 0.3) is 0 Å². The summed E-state index contributed by atoms with van der Waals surface area (Å²) < 4.78 is 2.06. The van der Waals surface area contributed by atoms with Gasteiger partial charge in [-0.05, 0) is 18.1 Å². The monoisotopic (exact) mass is 368 g/mol. The molecule has 0 aliphatic heterocycles. The van der Waals surface area contributed by atoms with Crippen molar-refractivity contribution < 1.29 is 0 Å². The molecule has 0 amide bonds. The number of guanidine groups is 1. The molecule has 0 radical (unpaired) electrons. The first-order chi connectivity index (χ1) is 12.7. The van der Waals surface area contributed by atoms with Gasteiger partial charge < -0.3 is 15.2 Å². The smallest absolute Gasteiger partial charge is 0.191 e. The number of nitrogens with one attached hydrogen (secondary N) is 2. The van der Waals surface area contributed by atoms with Crippen LogP contribution in [-0.4, -0.2) is 34.1 Å². The molecule has 0 saturated carbocycles. The van der Waals surface area contributed by atoms with Crippen LogP contribution >= 0.6 is 11.3 Å². The predicted octanol–water partition coefficient (Wildman–Crippen LogP) is 2.60. The van der Waals surface area contributed by atoms with E-state index in [1.54, 1.807) is 24.6 Å². The van der Waals surface area contributed by atoms with Gasteiger partial charge in [-0.3, -0.25) is 4.99 Å². The summed E-state index contributed by atoms with van der Waals surface area (Å²) in [5, 5.41) is 9.92. The maximum Gasteiger partial charge on any atom is 0.191 e. The van der Waals surface area contributed by atoms with E-state index in [0.717, 1.165) is 42.7 Å². The summed E-state index contributed by atoms with van der Waals surface area (Å²) in [7, 11) is 1.79. The van der Waals surface area contributed by atoms with E-state index in [2.05, 4.69) is 59.8 Å². The summed E-state index contributed by atoms with van der Waals surface area (Å²) in [4.78, 5) is 12.9. The fraction of sp³-hybridized carbons (Fsp3) is 0.316. The highest BCUT2D eigenvalue weighted by molar-refractivity contribution is 7.09. The lowest BCUT2D eigenvalue weighted by Gasteiger charge is -2.12. The van der Waals surface area contributed by atoms with E-state index in [1.165, 1.54) is 11.1 Å². The van der Waals surface area contributed by atoms with Gasteiger partial charge >= 0.3 is 0 Å². The van der Waals surface area contributed by atoms with Gasteiger partial charge in [0.05, 0.1) is 17.0 Å². The first kappa shape index (κ1) is 18.1. The van der Waals surface area contributed by atoms with Crippen molar-refractivity contribution in [1.29, 1.82) is 0 Å². The Hall–Kier alpha value is -2.67. The summed E-state index contributed by atoms with van der Waals surface area (Å²) >= 11 is 1.69. The third-order valence-electron chi connectivity index (χ3n) is 3.94. The highest BCUT2D eigenvalue weighted by atomic mass is 32.1. The van der Waals surface area contributed by atoms with Gasteiger partial charge in [0.25, 0.3) is 0 Å². The molecule has 0 fully saturated rings. The van der Waals surface area contributed by atoms with Gasteiger partial charge in [0, 0.05) is 50.9 Å². The Morgan fingerprint density at radius 2 is 2.15 bits per heavy atom. The zero-order valence-electron chi connectivity index (χ0n) is 15.1. The van der Waals surface area contributed by atoms with Crippen molar-refractivity contribution in [3.63, 3.8) is 0 Å². The van der Waals surface area contributed by atoms with Crippen LogP contribution in [-0.2, 0) is 19.5 Å². The minimum Gasteiger partial charge on any atom is -0.356 e. The lowest BCUT2D eigenvalue weighted by molar-refractivity contribution is 0.778. The molecule has 3 aromatic rings. The molecule has 136 valence electrons. The average molecular weight is 369 g/mol. The number of hydrogen-bond acceptors (Lipinski definition) is 4. The van der Waals surface area contributed by atoms with Crippen LogP contribution < -0.4 is 10.6 Å². The molecule has 2 N–H and O–H groups in total. The van der Waals surface area contributed by atoms with Gasteiger partial charge in [0.15, 0.2) is 5.96 Å². The molecule has 2 heterocycles. The zero-order chi connectivity index (χ0) is 18.2. The fourth-order valence-electron chi connectivity index (χ4n) is 2.67. The van der Waals surface area contributed by atoms with Crippen LogP contribution in [0.4, 0.5) is 0 Å². The Labute approximate surface area is 158 Å². The van der Waals surface area contributed by atoms with Gasteiger partial charge in [-0.15, -0.1) is 11.3 Å². The van der Waals surface area contributed by atoms with Crippen molar-refractivity contribution in [2.24, 2.45) is 4.99 Å². The van der Waals surface area contributed by atoms with E-state index < -0.39 is 0 Å². The largest absolute Gasteiger partial charge is 0.356 e. The van der Waals surface area contributed by atoms with Crippen molar-refractivity contribution in [3.8, 4) is 0 Å². The lowest BCUT2D eigenvalue weighted by atomic mass is 10.1. The molecule has 0 unspecified atom stereocenters. The molecule has 1 aromatic carbocycles. The number of aromatic nitrogens is 3. The molecule has 26 heavy (non-hydrogen) atoms. The minimum atomic E-state index is 0.729. The van der Waals surface area contributed by atoms with Crippen molar-refractivity contribution >= 4 is 17.3 Å². The summed E-state index contributed by atoms with van der Waals surface area (Å²) in [6.45, 7) is 4.40. The second-order valence-electron chi connectivity index (χ2n) is 6.02. The number of imidazole rings is 1. The van der Waals surface area contributed by atoms with Gasteiger partial charge in [-0.2, -0.15) is 0 Å². The predicted molar refractivity (Wildman–Crippen MR) is 107 cm³/mol. The number of benzene rings is 1. The fourth-order valence-corrected chi connectivity index (χ4v) is 3.31. The number of aliphatic imine (C=N–C) groups is 1. The molecule has 0 saturated heterocycles. The molecule has 0 aliphatic rings. The number of thiazole rings is 1. The molecule has 6 nitrogen and oxygen atoms in total. The number of rotatable bonds is 7. The van der Waals surface area contributed by atoms with E-state index in [-0.39, 0.29) is 0 Å². The second kappa shape index (κ2) is 9.15. The quantitative estimate of drug-likeness (QED) is 0.497. The first-order valence-corrected chi connectivity index (χ1v) is 9.50. The van der Waals surface area contributed by atoms with Crippen molar-refractivity contribution in [2.45, 2.75) is 26.4 Å². The van der Waals surface area contributed by atoms with Crippen LogP contribution in [0.5, 0.6) is 0 Å². The third kappa shape index (κ3) is 5.42. The first-order valence-electron chi connectivity index (χ1n) is 8.62. The average Bonchev–Trinajstić information content (AvgIpc) is 3.30. The molecule has 0 bridgehead atoms. The second-order valence-corrected chi connectivity index (χ2v) is 7.08. The van der Waals surface area contributed by atoms with Crippen LogP contribution in [0.15, 0.2) is 53.4 Å². The van der Waals surface area contributed by atoms with Crippen LogP contribution in [0, 0.1) is 6.92 Å². The standard InChI is InChI=1S/C19H24N6S/c1-15-24-18(13-26-15)6-7-22-19(20-2)23-11-16-4-3-5-17(10-16)12-25-9-8-21-14-25/h3-5,8-10,13-14H,6-7,11-12H2,1-2H3,(H2,20,22,23). The van der Waals surface area contributed by atoms with Crippen molar-refractivity contribution in [1.82, 2.24) is 25.2 Å². The molecule has 3 rings (SSSR count). The van der Waals surface area contributed by atoms with E-state index >= 15 is 0 Å². The zero-order valence-corrected chi connectivity index (χ0v) is 16.0. The van der Waals surface area contributed by atoms with E-state index in [0.29, 0.717) is 0 Å². The highest BCUT2D eigenvalue weighted by Crippen LogP contribution is 2.08. The normalized spacial score (nSPS) is 11.5. The maximum absolute atomic E-state index is 4.48. The van der Waals surface area contributed by atoms with Crippen molar-refractivity contribution in [3.05, 3.63) is 70.2 Å². The number of aryl methyl sites for hydroxylation is 1. The molecule has 2 aromatic heterocycles. The number of hydrogen-bond donors (Lipinski definition) is 2. The molecular formula is C19H24N6S. The maximum atomic E-state index is 4.48. The Kier molecular flexibility index (Phi) is 6.38. The summed E-state index contributed by atoms with van der Waals surface area (Å²) in [5.74, 6) is 0.803. The summed E-state index contributed by atoms with van der Waals surface area (Å²) in [6.07, 6.45) is 6.50. The minimum absolute atomic E-state index is 0.729. The molecule has 0 atom stereocenters. The van der Waals surface area contributed by atoms with E-state index in [9.17, 15) is 0 Å². The summed E-state index contributed by atoms with van der Waals surface area (Å²) in [6, 6.07) is 8.55. The van der Waals surface area contributed by atoms with Gasteiger partial charge in [-0.1, -0.05) is 24.3 Å². The van der Waals surface area contributed by atoms with E-state index in [1.807, 2.05) is 19.4 Å². The Morgan fingerprint density at radius 1 is 1.27 bits per heavy atom. The molecular weight excluding hydrogens is 344 g/mol. The van der Waals surface area contributed by atoms with Crippen LogP contribution in [0.2, 0.25) is 0 Å². The van der Waals surface area contributed by atoms with Crippen LogP contribution in [0.1, 0.15) is 21.8 Å². The lowest BCUT2D eigenvalue weighted by Crippen LogP contribution is -2.37. The Bertz CT molecular complexity index is 837. The van der Waals surface area contributed by atoms with Gasteiger partial charge in [-0.25, -0.2) is 9.97 Å². The number of nitrogens with zero attached hydrogens (tertiary/aromatic N) is 4. The SMILES string of the molecule is CN=C(NCCc1csc(C)n1)NCc1cccc(Cn2ccnc2)c1. The van der Waals surface area contributed by atoms with E-state index in [4.69, 9.17) is 0 Å².